The summed E-state index contributed by atoms with van der Waals surface area (Å²) in [7, 11) is 2.21. The molecule has 0 radical (unpaired) electrons. The van der Waals surface area contributed by atoms with Crippen LogP contribution < -0.4 is 0 Å². The Bertz CT molecular complexity index is 728. The number of hydrogen-bond acceptors (Lipinski definition) is 3. The number of amides is 1. The Kier molecular flexibility index (Phi) is 4.86. The summed E-state index contributed by atoms with van der Waals surface area (Å²) in [5.41, 5.74) is 2.25. The molecule has 2 fully saturated rings. The van der Waals surface area contributed by atoms with Crippen molar-refractivity contribution < 1.29 is 9.21 Å². The van der Waals surface area contributed by atoms with Crippen molar-refractivity contribution in [2.45, 2.75) is 32.1 Å². The molecule has 3 heterocycles. The van der Waals surface area contributed by atoms with Crippen LogP contribution in [0.4, 0.5) is 0 Å². The van der Waals surface area contributed by atoms with Crippen LogP contribution in [0, 0.1) is 5.41 Å². The fourth-order valence-electron chi connectivity index (χ4n) is 4.45. The molecule has 2 aliphatic rings. The summed E-state index contributed by atoms with van der Waals surface area (Å²) in [5.74, 6) is 1.00. The van der Waals surface area contributed by atoms with E-state index < -0.39 is 0 Å². The van der Waals surface area contributed by atoms with Crippen LogP contribution in [0.25, 0.3) is 11.3 Å². The van der Waals surface area contributed by atoms with Crippen molar-refractivity contribution >= 4 is 5.91 Å². The van der Waals surface area contributed by atoms with E-state index in [1.807, 2.05) is 36.4 Å². The van der Waals surface area contributed by atoms with Gasteiger partial charge in [0.1, 0.15) is 5.76 Å². The number of piperidine rings is 1. The first-order valence-electron chi connectivity index (χ1n) is 9.77. The van der Waals surface area contributed by atoms with Crippen molar-refractivity contribution in [1.82, 2.24) is 9.80 Å². The van der Waals surface area contributed by atoms with Crippen LogP contribution in [0.5, 0.6) is 0 Å². The minimum Gasteiger partial charge on any atom is -0.464 e. The predicted octanol–water partition coefficient (Wildman–Crippen LogP) is 4.28. The van der Waals surface area contributed by atoms with Gasteiger partial charge in [-0.3, -0.25) is 4.79 Å². The summed E-state index contributed by atoms with van der Waals surface area (Å²) in [6, 6.07) is 11.6. The van der Waals surface area contributed by atoms with Crippen molar-refractivity contribution in [2.24, 2.45) is 5.41 Å². The molecule has 138 valence electrons. The lowest BCUT2D eigenvalue weighted by Crippen LogP contribution is -2.39. The van der Waals surface area contributed by atoms with Crippen LogP contribution in [-0.4, -0.2) is 48.9 Å². The molecule has 0 aliphatic carbocycles. The Hall–Kier alpha value is -2.07. The monoisotopic (exact) mass is 352 g/mol. The Labute approximate surface area is 155 Å². The van der Waals surface area contributed by atoms with Gasteiger partial charge in [-0.2, -0.15) is 0 Å². The van der Waals surface area contributed by atoms with Gasteiger partial charge in [-0.25, -0.2) is 0 Å². The molecule has 1 aromatic heterocycles. The van der Waals surface area contributed by atoms with Gasteiger partial charge in [-0.05, 0) is 81.9 Å². The summed E-state index contributed by atoms with van der Waals surface area (Å²) in [4.78, 5) is 17.5. The third kappa shape index (κ3) is 3.56. The van der Waals surface area contributed by atoms with Crippen molar-refractivity contribution in [3.8, 4) is 11.3 Å². The second-order valence-electron chi connectivity index (χ2n) is 8.00. The number of benzene rings is 1. The molecule has 0 unspecified atom stereocenters. The lowest BCUT2D eigenvalue weighted by Gasteiger charge is -2.40. The van der Waals surface area contributed by atoms with E-state index in [1.165, 1.54) is 32.4 Å². The molecule has 0 N–H and O–H groups in total. The first-order valence-corrected chi connectivity index (χ1v) is 9.77. The van der Waals surface area contributed by atoms with E-state index in [0.717, 1.165) is 42.8 Å². The second kappa shape index (κ2) is 7.28. The van der Waals surface area contributed by atoms with Crippen molar-refractivity contribution in [3.05, 3.63) is 48.2 Å². The number of likely N-dealkylation sites (tertiary alicyclic amines) is 2. The Morgan fingerprint density at radius 3 is 2.38 bits per heavy atom. The van der Waals surface area contributed by atoms with E-state index in [0.29, 0.717) is 5.41 Å². The van der Waals surface area contributed by atoms with Crippen LogP contribution in [0.1, 0.15) is 42.5 Å². The Morgan fingerprint density at radius 2 is 1.69 bits per heavy atom. The molecule has 0 saturated carbocycles. The zero-order valence-electron chi connectivity index (χ0n) is 15.6. The fraction of sp³-hybridized carbons (Fsp3) is 0.500. The van der Waals surface area contributed by atoms with Gasteiger partial charge in [0, 0.05) is 24.2 Å². The molecule has 4 rings (SSSR count). The maximum absolute atomic E-state index is 13.0. The highest BCUT2D eigenvalue weighted by molar-refractivity contribution is 5.94. The van der Waals surface area contributed by atoms with E-state index in [-0.39, 0.29) is 5.91 Å². The summed E-state index contributed by atoms with van der Waals surface area (Å²) < 4.78 is 5.43. The normalized spacial score (nSPS) is 20.9. The Morgan fingerprint density at radius 1 is 0.962 bits per heavy atom. The lowest BCUT2D eigenvalue weighted by molar-refractivity contribution is 0.0734. The van der Waals surface area contributed by atoms with Gasteiger partial charge < -0.3 is 14.2 Å². The summed E-state index contributed by atoms with van der Waals surface area (Å²) >= 11 is 0. The van der Waals surface area contributed by atoms with E-state index >= 15 is 0 Å². The van der Waals surface area contributed by atoms with Crippen LogP contribution in [0.2, 0.25) is 0 Å². The number of furan rings is 1. The number of hydrogen-bond donors (Lipinski definition) is 0. The molecular formula is C22H28N2O2. The van der Waals surface area contributed by atoms with E-state index in [9.17, 15) is 4.79 Å². The average molecular weight is 352 g/mol. The van der Waals surface area contributed by atoms with Gasteiger partial charge in [0.05, 0.1) is 6.26 Å². The van der Waals surface area contributed by atoms with Crippen LogP contribution in [0.3, 0.4) is 0 Å². The van der Waals surface area contributed by atoms with Gasteiger partial charge in [0.2, 0.25) is 0 Å². The van der Waals surface area contributed by atoms with Crippen LogP contribution in [0.15, 0.2) is 47.1 Å². The molecule has 1 amide bonds. The minimum absolute atomic E-state index is 0.168. The van der Waals surface area contributed by atoms with Gasteiger partial charge in [0.25, 0.3) is 5.91 Å². The highest BCUT2D eigenvalue weighted by Crippen LogP contribution is 2.41. The first-order chi connectivity index (χ1) is 12.7. The van der Waals surface area contributed by atoms with Gasteiger partial charge in [-0.1, -0.05) is 12.1 Å². The van der Waals surface area contributed by atoms with E-state index in [1.54, 1.807) is 6.26 Å². The standard InChI is InChI=1S/C22H28N2O2/c1-23-14-10-22(11-15-23)9-3-13-24(16-12-22)21(25)19-7-5-18(6-8-19)20-4-2-17-26-20/h2,4-8,17H,3,9-16H2,1H3. The maximum Gasteiger partial charge on any atom is 0.253 e. The minimum atomic E-state index is 0.168. The Balaban J connectivity index is 1.42. The zero-order chi connectivity index (χ0) is 18.0. The lowest BCUT2D eigenvalue weighted by atomic mass is 9.73. The molecule has 0 bridgehead atoms. The quantitative estimate of drug-likeness (QED) is 0.809. The molecule has 26 heavy (non-hydrogen) atoms. The first kappa shape index (κ1) is 17.3. The second-order valence-corrected chi connectivity index (χ2v) is 8.00. The molecule has 1 spiro atoms. The molecular weight excluding hydrogens is 324 g/mol. The van der Waals surface area contributed by atoms with Gasteiger partial charge in [-0.15, -0.1) is 0 Å². The van der Waals surface area contributed by atoms with Gasteiger partial charge >= 0.3 is 0 Å². The smallest absolute Gasteiger partial charge is 0.253 e. The third-order valence-electron chi connectivity index (χ3n) is 6.32. The van der Waals surface area contributed by atoms with Crippen molar-refractivity contribution in [3.63, 3.8) is 0 Å². The van der Waals surface area contributed by atoms with Crippen LogP contribution >= 0.6 is 0 Å². The SMILES string of the molecule is CN1CCC2(CCCN(C(=O)c3ccc(-c4ccco4)cc3)CC2)CC1. The molecule has 2 saturated heterocycles. The third-order valence-corrected chi connectivity index (χ3v) is 6.32. The topological polar surface area (TPSA) is 36.7 Å². The van der Waals surface area contributed by atoms with Gasteiger partial charge in [0.15, 0.2) is 0 Å². The molecule has 0 atom stereocenters. The molecule has 1 aromatic carbocycles. The maximum atomic E-state index is 13.0. The van der Waals surface area contributed by atoms with Crippen molar-refractivity contribution in [1.29, 1.82) is 0 Å². The summed E-state index contributed by atoms with van der Waals surface area (Å²) in [6.07, 6.45) is 7.77. The van der Waals surface area contributed by atoms with Crippen LogP contribution in [-0.2, 0) is 0 Å². The van der Waals surface area contributed by atoms with E-state index in [4.69, 9.17) is 4.42 Å². The largest absolute Gasteiger partial charge is 0.464 e. The molecule has 4 nitrogen and oxygen atoms in total. The fourth-order valence-corrected chi connectivity index (χ4v) is 4.45. The number of carbonyl (C=O) groups is 1. The molecule has 4 heteroatoms. The highest BCUT2D eigenvalue weighted by atomic mass is 16.3. The summed E-state index contributed by atoms with van der Waals surface area (Å²) in [6.45, 7) is 4.17. The molecule has 2 aliphatic heterocycles. The predicted molar refractivity (Wildman–Crippen MR) is 103 cm³/mol. The zero-order valence-corrected chi connectivity index (χ0v) is 15.6. The number of carbonyl (C=O) groups excluding carboxylic acids is 1. The number of nitrogens with zero attached hydrogens (tertiary/aromatic N) is 2. The number of rotatable bonds is 2. The molecule has 2 aromatic rings. The average Bonchev–Trinajstić information content (AvgIpc) is 3.13. The highest BCUT2D eigenvalue weighted by Gasteiger charge is 2.36. The van der Waals surface area contributed by atoms with E-state index in [2.05, 4.69) is 16.8 Å². The van der Waals surface area contributed by atoms with Crippen molar-refractivity contribution in [2.75, 3.05) is 33.2 Å². The summed E-state index contributed by atoms with van der Waals surface area (Å²) in [5, 5.41) is 0.